The maximum Gasteiger partial charge on any atom is 0.0952 e. The van der Waals surface area contributed by atoms with Gasteiger partial charge in [0.05, 0.1) is 17.9 Å². The van der Waals surface area contributed by atoms with Crippen molar-refractivity contribution in [1.82, 2.24) is 9.55 Å². The quantitative estimate of drug-likeness (QED) is 0.687. The van der Waals surface area contributed by atoms with Gasteiger partial charge in [-0.25, -0.2) is 4.98 Å². The van der Waals surface area contributed by atoms with E-state index < -0.39 is 0 Å². The van der Waals surface area contributed by atoms with Crippen molar-refractivity contribution in [1.29, 1.82) is 0 Å². The molecule has 0 spiro atoms. The second-order valence-electron chi connectivity index (χ2n) is 4.69. The van der Waals surface area contributed by atoms with Crippen LogP contribution in [-0.2, 0) is 5.88 Å². The van der Waals surface area contributed by atoms with Gasteiger partial charge in [-0.2, -0.15) is 0 Å². The van der Waals surface area contributed by atoms with Crippen molar-refractivity contribution >= 4 is 11.6 Å². The summed E-state index contributed by atoms with van der Waals surface area (Å²) in [5.74, 6) is 2.44. The lowest BCUT2D eigenvalue weighted by Crippen LogP contribution is -2.14. The molecule has 0 saturated heterocycles. The average molecular weight is 211 g/mol. The zero-order chi connectivity index (χ0) is 9.54. The molecule has 1 aromatic heterocycles. The van der Waals surface area contributed by atoms with Gasteiger partial charge in [0.25, 0.3) is 0 Å². The normalized spacial score (nSPS) is 35.4. The summed E-state index contributed by atoms with van der Waals surface area (Å²) >= 11 is 5.75. The van der Waals surface area contributed by atoms with Crippen LogP contribution in [0.4, 0.5) is 0 Å². The van der Waals surface area contributed by atoms with Crippen LogP contribution in [0.25, 0.3) is 0 Å². The summed E-state index contributed by atoms with van der Waals surface area (Å²) in [6.45, 7) is 0. The molecule has 2 fully saturated rings. The molecular formula is C11H15ClN2. The van der Waals surface area contributed by atoms with E-state index in [4.69, 9.17) is 11.6 Å². The van der Waals surface area contributed by atoms with Crippen molar-refractivity contribution in [3.05, 3.63) is 18.2 Å². The van der Waals surface area contributed by atoms with Gasteiger partial charge in [0, 0.05) is 12.2 Å². The Bertz CT molecular complexity index is 334. The third-order valence-corrected chi connectivity index (χ3v) is 4.15. The third-order valence-electron chi connectivity index (χ3n) is 3.88. The van der Waals surface area contributed by atoms with E-state index in [9.17, 15) is 0 Å². The first-order valence-electron chi connectivity index (χ1n) is 5.45. The maximum atomic E-state index is 5.75. The van der Waals surface area contributed by atoms with Crippen molar-refractivity contribution in [3.63, 3.8) is 0 Å². The lowest BCUT2D eigenvalue weighted by molar-refractivity contribution is 0.329. The Morgan fingerprint density at radius 3 is 2.93 bits per heavy atom. The minimum Gasteiger partial charge on any atom is -0.334 e. The number of hydrogen-bond donors (Lipinski definition) is 0. The molecule has 3 unspecified atom stereocenters. The van der Waals surface area contributed by atoms with Gasteiger partial charge in [0.2, 0.25) is 0 Å². The van der Waals surface area contributed by atoms with Crippen LogP contribution in [0, 0.1) is 11.8 Å². The van der Waals surface area contributed by atoms with Gasteiger partial charge < -0.3 is 4.57 Å². The van der Waals surface area contributed by atoms with E-state index in [0.717, 1.165) is 23.6 Å². The largest absolute Gasteiger partial charge is 0.334 e. The highest BCUT2D eigenvalue weighted by Gasteiger charge is 2.40. The molecule has 2 aliphatic rings. The highest BCUT2D eigenvalue weighted by molar-refractivity contribution is 6.16. The Kier molecular flexibility index (Phi) is 2.05. The van der Waals surface area contributed by atoms with Crippen LogP contribution in [0.2, 0.25) is 0 Å². The summed E-state index contributed by atoms with van der Waals surface area (Å²) < 4.78 is 2.29. The minimum atomic E-state index is 0.536. The van der Waals surface area contributed by atoms with Crippen molar-refractivity contribution in [2.45, 2.75) is 37.6 Å². The Labute approximate surface area is 89.3 Å². The number of aromatic nitrogens is 2. The average Bonchev–Trinajstić information content (AvgIpc) is 2.93. The summed E-state index contributed by atoms with van der Waals surface area (Å²) in [5, 5.41) is 0. The summed E-state index contributed by atoms with van der Waals surface area (Å²) in [5.41, 5.74) is 1.01. The number of halogens is 1. The van der Waals surface area contributed by atoms with Crippen molar-refractivity contribution in [2.75, 3.05) is 0 Å². The Morgan fingerprint density at radius 2 is 2.36 bits per heavy atom. The Balaban J connectivity index is 1.82. The Morgan fingerprint density at radius 1 is 1.43 bits per heavy atom. The van der Waals surface area contributed by atoms with Gasteiger partial charge in [-0.3, -0.25) is 0 Å². The van der Waals surface area contributed by atoms with E-state index in [2.05, 4.69) is 15.7 Å². The molecule has 0 aliphatic heterocycles. The first-order valence-corrected chi connectivity index (χ1v) is 5.98. The Hall–Kier alpha value is -0.500. The van der Waals surface area contributed by atoms with Crippen LogP contribution in [0.1, 0.15) is 37.4 Å². The third kappa shape index (κ3) is 1.28. The lowest BCUT2D eigenvalue weighted by Gasteiger charge is -2.22. The van der Waals surface area contributed by atoms with Crippen molar-refractivity contribution in [2.24, 2.45) is 11.8 Å². The van der Waals surface area contributed by atoms with Crippen LogP contribution in [0.15, 0.2) is 12.5 Å². The smallest absolute Gasteiger partial charge is 0.0952 e. The zero-order valence-corrected chi connectivity index (χ0v) is 8.95. The van der Waals surface area contributed by atoms with Gasteiger partial charge in [-0.15, -0.1) is 11.6 Å². The molecule has 0 radical (unpaired) electrons. The van der Waals surface area contributed by atoms with Crippen LogP contribution in [0.5, 0.6) is 0 Å². The van der Waals surface area contributed by atoms with E-state index >= 15 is 0 Å². The molecule has 76 valence electrons. The second kappa shape index (κ2) is 3.27. The molecule has 0 aromatic carbocycles. The molecule has 0 N–H and O–H groups in total. The summed E-state index contributed by atoms with van der Waals surface area (Å²) in [7, 11) is 0. The molecule has 0 amide bonds. The number of imidazole rings is 1. The SMILES string of the molecule is ClCc1cn(C2CC3CCC2C3)cn1. The molecule has 3 atom stereocenters. The first kappa shape index (κ1) is 8.78. The molecular weight excluding hydrogens is 196 g/mol. The molecule has 1 heterocycles. The second-order valence-corrected chi connectivity index (χ2v) is 4.96. The highest BCUT2D eigenvalue weighted by Crippen LogP contribution is 2.50. The fourth-order valence-electron chi connectivity index (χ4n) is 3.21. The standard InChI is InChI=1S/C11H15ClN2/c12-5-10-6-14(7-13-10)11-4-8-1-2-9(11)3-8/h6-9,11H,1-5H2. The maximum absolute atomic E-state index is 5.75. The van der Waals surface area contributed by atoms with E-state index in [-0.39, 0.29) is 0 Å². The van der Waals surface area contributed by atoms with E-state index in [0.29, 0.717) is 5.88 Å². The highest BCUT2D eigenvalue weighted by atomic mass is 35.5. The van der Waals surface area contributed by atoms with Gasteiger partial charge in [0.15, 0.2) is 0 Å². The molecule has 2 aliphatic carbocycles. The summed E-state index contributed by atoms with van der Waals surface area (Å²) in [6.07, 6.45) is 9.77. The number of alkyl halides is 1. The van der Waals surface area contributed by atoms with Crippen molar-refractivity contribution in [3.8, 4) is 0 Å². The molecule has 14 heavy (non-hydrogen) atoms. The predicted octanol–water partition coefficient (Wildman–Crippen LogP) is 2.98. The number of fused-ring (bicyclic) bond motifs is 2. The van der Waals surface area contributed by atoms with Crippen LogP contribution < -0.4 is 0 Å². The number of nitrogens with zero attached hydrogens (tertiary/aromatic N) is 2. The fraction of sp³-hybridized carbons (Fsp3) is 0.727. The summed E-state index contributed by atoms with van der Waals surface area (Å²) in [6, 6.07) is 0.721. The molecule has 1 aromatic rings. The molecule has 2 bridgehead atoms. The van der Waals surface area contributed by atoms with E-state index in [1.807, 2.05) is 6.33 Å². The van der Waals surface area contributed by atoms with Gasteiger partial charge in [-0.1, -0.05) is 6.42 Å². The summed E-state index contributed by atoms with van der Waals surface area (Å²) in [4.78, 5) is 4.29. The van der Waals surface area contributed by atoms with E-state index in [1.54, 1.807) is 0 Å². The van der Waals surface area contributed by atoms with Crippen molar-refractivity contribution < 1.29 is 0 Å². The minimum absolute atomic E-state index is 0.536. The van der Waals surface area contributed by atoms with Crippen LogP contribution in [-0.4, -0.2) is 9.55 Å². The van der Waals surface area contributed by atoms with Gasteiger partial charge in [0.1, 0.15) is 0 Å². The number of rotatable bonds is 2. The molecule has 3 heteroatoms. The van der Waals surface area contributed by atoms with Gasteiger partial charge >= 0.3 is 0 Å². The number of hydrogen-bond acceptors (Lipinski definition) is 1. The van der Waals surface area contributed by atoms with E-state index in [1.165, 1.54) is 25.7 Å². The monoisotopic (exact) mass is 210 g/mol. The van der Waals surface area contributed by atoms with Crippen LogP contribution in [0.3, 0.4) is 0 Å². The molecule has 3 rings (SSSR count). The fourth-order valence-corrected chi connectivity index (χ4v) is 3.34. The molecule has 2 saturated carbocycles. The zero-order valence-electron chi connectivity index (χ0n) is 8.19. The topological polar surface area (TPSA) is 17.8 Å². The lowest BCUT2D eigenvalue weighted by atomic mass is 9.95. The first-order chi connectivity index (χ1) is 6.86. The molecule has 2 nitrogen and oxygen atoms in total. The van der Waals surface area contributed by atoms with Crippen LogP contribution >= 0.6 is 11.6 Å². The predicted molar refractivity (Wildman–Crippen MR) is 56.3 cm³/mol. The van der Waals surface area contributed by atoms with Gasteiger partial charge in [-0.05, 0) is 31.1 Å².